The number of hydrogen-bond acceptors (Lipinski definition) is 3. The number of carbonyl (C=O) groups is 2. The Labute approximate surface area is 159 Å². The van der Waals surface area contributed by atoms with Crippen molar-refractivity contribution < 1.29 is 9.59 Å². The van der Waals surface area contributed by atoms with Crippen LogP contribution < -0.4 is 16.8 Å². The predicted molar refractivity (Wildman–Crippen MR) is 103 cm³/mol. The van der Waals surface area contributed by atoms with E-state index in [1.54, 1.807) is 17.0 Å². The number of rotatable bonds is 4. The largest absolute Gasteiger partial charge is 0.352 e. The number of likely N-dealkylation sites (tertiary alicyclic amines) is 1. The first-order valence-electron chi connectivity index (χ1n) is 8.26. The molecule has 138 valence electrons. The van der Waals surface area contributed by atoms with Crippen molar-refractivity contribution in [2.24, 2.45) is 11.5 Å². The number of halogens is 1. The normalized spacial score (nSPS) is 18.9. The average Bonchev–Trinajstić information content (AvgIpc) is 3.02. The van der Waals surface area contributed by atoms with E-state index < -0.39 is 6.03 Å². The fourth-order valence-corrected chi connectivity index (χ4v) is 3.18. The second kappa shape index (κ2) is 8.69. The lowest BCUT2D eigenvalue weighted by molar-refractivity contribution is 0.0789. The van der Waals surface area contributed by atoms with E-state index in [4.69, 9.17) is 11.5 Å². The summed E-state index contributed by atoms with van der Waals surface area (Å²) in [5, 5.41) is 2.52. The van der Waals surface area contributed by atoms with Gasteiger partial charge in [0.05, 0.1) is 0 Å². The van der Waals surface area contributed by atoms with Crippen molar-refractivity contribution >= 4 is 24.3 Å². The van der Waals surface area contributed by atoms with Gasteiger partial charge in [-0.15, -0.1) is 12.4 Å². The minimum Gasteiger partial charge on any atom is -0.352 e. The van der Waals surface area contributed by atoms with Gasteiger partial charge in [-0.3, -0.25) is 4.79 Å². The van der Waals surface area contributed by atoms with Crippen molar-refractivity contribution in [3.05, 3.63) is 71.3 Å². The Morgan fingerprint density at radius 3 is 2.31 bits per heavy atom. The minimum absolute atomic E-state index is 0. The van der Waals surface area contributed by atoms with Crippen LogP contribution in [0.25, 0.3) is 0 Å². The monoisotopic (exact) mass is 374 g/mol. The zero-order valence-electron chi connectivity index (χ0n) is 14.3. The summed E-state index contributed by atoms with van der Waals surface area (Å²) in [7, 11) is 0. The number of nitrogens with one attached hydrogen (secondary N) is 1. The summed E-state index contributed by atoms with van der Waals surface area (Å²) in [6.07, 6.45) is 0. The van der Waals surface area contributed by atoms with Gasteiger partial charge in [0.25, 0.3) is 5.91 Å². The molecule has 0 radical (unpaired) electrons. The number of urea groups is 1. The Bertz CT molecular complexity index is 752. The highest BCUT2D eigenvalue weighted by Crippen LogP contribution is 2.27. The number of hydrogen-bond donors (Lipinski definition) is 3. The summed E-state index contributed by atoms with van der Waals surface area (Å²) in [6, 6.07) is 16.6. The van der Waals surface area contributed by atoms with Crippen LogP contribution in [0.1, 0.15) is 27.4 Å². The van der Waals surface area contributed by atoms with Crippen molar-refractivity contribution in [2.75, 3.05) is 13.1 Å². The molecule has 6 nitrogen and oxygen atoms in total. The predicted octanol–water partition coefficient (Wildman–Crippen LogP) is 1.84. The molecule has 2 aromatic carbocycles. The molecule has 0 unspecified atom stereocenters. The van der Waals surface area contributed by atoms with E-state index in [1.165, 1.54) is 0 Å². The number of benzene rings is 2. The molecular formula is C19H23ClN4O2. The fraction of sp³-hybridized carbons (Fsp3) is 0.263. The second-order valence-corrected chi connectivity index (χ2v) is 6.31. The van der Waals surface area contributed by atoms with Crippen LogP contribution in [0, 0.1) is 0 Å². The molecule has 1 saturated heterocycles. The van der Waals surface area contributed by atoms with Crippen molar-refractivity contribution in [1.82, 2.24) is 10.2 Å². The van der Waals surface area contributed by atoms with Gasteiger partial charge in [0.2, 0.25) is 0 Å². The number of carbonyl (C=O) groups excluding carboxylic acids is 2. The third-order valence-electron chi connectivity index (χ3n) is 4.55. The Morgan fingerprint density at radius 2 is 1.69 bits per heavy atom. The minimum atomic E-state index is -0.571. The zero-order valence-corrected chi connectivity index (χ0v) is 15.1. The molecule has 7 heteroatoms. The molecule has 1 aliphatic heterocycles. The molecular weight excluding hydrogens is 352 g/mol. The highest BCUT2D eigenvalue weighted by atomic mass is 35.5. The number of primary amides is 1. The Morgan fingerprint density at radius 1 is 1.04 bits per heavy atom. The van der Waals surface area contributed by atoms with Gasteiger partial charge in [0.15, 0.2) is 0 Å². The van der Waals surface area contributed by atoms with E-state index >= 15 is 0 Å². The maximum Gasteiger partial charge on any atom is 0.312 e. The maximum absolute atomic E-state index is 12.7. The molecule has 0 saturated carbocycles. The molecule has 0 aliphatic carbocycles. The van der Waals surface area contributed by atoms with Crippen molar-refractivity contribution in [2.45, 2.75) is 18.5 Å². The molecule has 1 fully saturated rings. The van der Waals surface area contributed by atoms with E-state index in [2.05, 4.69) is 17.4 Å². The molecule has 1 heterocycles. The standard InChI is InChI=1S/C19H22N4O2.ClH/c20-17-12-23(11-16(17)14-4-2-1-3-5-14)18(24)15-8-6-13(7-9-15)10-22-19(21)25;/h1-9,16-17H,10-12,20H2,(H3,21,22,25);1H/t16-,17+;/m0./s1. The van der Waals surface area contributed by atoms with Gasteiger partial charge in [-0.25, -0.2) is 4.79 Å². The maximum atomic E-state index is 12.7. The first-order chi connectivity index (χ1) is 12.0. The molecule has 0 bridgehead atoms. The highest BCUT2D eigenvalue weighted by molar-refractivity contribution is 5.94. The van der Waals surface area contributed by atoms with Crippen LogP contribution >= 0.6 is 12.4 Å². The first kappa shape index (κ1) is 19.8. The Kier molecular flexibility index (Phi) is 6.60. The lowest BCUT2D eigenvalue weighted by Gasteiger charge is -2.17. The molecule has 1 aliphatic rings. The molecule has 3 amide bonds. The molecule has 0 spiro atoms. The summed E-state index contributed by atoms with van der Waals surface area (Å²) in [5.41, 5.74) is 14.0. The van der Waals surface area contributed by atoms with Gasteiger partial charge >= 0.3 is 6.03 Å². The van der Waals surface area contributed by atoms with Gasteiger partial charge in [-0.2, -0.15) is 0 Å². The van der Waals surface area contributed by atoms with Crippen LogP contribution in [0.4, 0.5) is 4.79 Å². The van der Waals surface area contributed by atoms with Gasteiger partial charge in [0.1, 0.15) is 0 Å². The molecule has 2 atom stereocenters. The van der Waals surface area contributed by atoms with E-state index in [1.807, 2.05) is 30.3 Å². The summed E-state index contributed by atoms with van der Waals surface area (Å²) >= 11 is 0. The average molecular weight is 375 g/mol. The quantitative estimate of drug-likeness (QED) is 0.761. The van der Waals surface area contributed by atoms with E-state index in [9.17, 15) is 9.59 Å². The first-order valence-corrected chi connectivity index (χ1v) is 8.26. The van der Waals surface area contributed by atoms with Crippen LogP contribution in [0.2, 0.25) is 0 Å². The van der Waals surface area contributed by atoms with E-state index in [0.29, 0.717) is 25.2 Å². The van der Waals surface area contributed by atoms with Gasteiger partial charge in [-0.05, 0) is 23.3 Å². The summed E-state index contributed by atoms with van der Waals surface area (Å²) in [4.78, 5) is 25.3. The lowest BCUT2D eigenvalue weighted by atomic mass is 9.95. The summed E-state index contributed by atoms with van der Waals surface area (Å²) in [5.74, 6) is 0.132. The highest BCUT2D eigenvalue weighted by Gasteiger charge is 2.34. The smallest absolute Gasteiger partial charge is 0.312 e. The van der Waals surface area contributed by atoms with Crippen molar-refractivity contribution in [3.63, 3.8) is 0 Å². The molecule has 0 aromatic heterocycles. The number of nitrogens with two attached hydrogens (primary N) is 2. The van der Waals surface area contributed by atoms with Crippen LogP contribution in [-0.4, -0.2) is 36.0 Å². The number of amides is 3. The third-order valence-corrected chi connectivity index (χ3v) is 4.55. The van der Waals surface area contributed by atoms with Gasteiger partial charge in [-0.1, -0.05) is 42.5 Å². The fourth-order valence-electron chi connectivity index (χ4n) is 3.18. The summed E-state index contributed by atoms with van der Waals surface area (Å²) in [6.45, 7) is 1.51. The van der Waals surface area contributed by atoms with E-state index in [-0.39, 0.29) is 30.3 Å². The topological polar surface area (TPSA) is 101 Å². The van der Waals surface area contributed by atoms with Crippen LogP contribution in [0.3, 0.4) is 0 Å². The van der Waals surface area contributed by atoms with Crippen LogP contribution in [0.15, 0.2) is 54.6 Å². The second-order valence-electron chi connectivity index (χ2n) is 6.31. The molecule has 3 rings (SSSR count). The van der Waals surface area contributed by atoms with Crippen molar-refractivity contribution in [3.8, 4) is 0 Å². The molecule has 5 N–H and O–H groups in total. The third kappa shape index (κ3) is 4.53. The van der Waals surface area contributed by atoms with E-state index in [0.717, 1.165) is 11.1 Å². The Hall–Kier alpha value is -2.57. The number of nitrogens with zero attached hydrogens (tertiary/aromatic N) is 1. The van der Waals surface area contributed by atoms with Crippen LogP contribution in [-0.2, 0) is 6.54 Å². The van der Waals surface area contributed by atoms with Gasteiger partial charge in [0, 0.05) is 37.2 Å². The Balaban J connectivity index is 0.00000243. The summed E-state index contributed by atoms with van der Waals surface area (Å²) < 4.78 is 0. The van der Waals surface area contributed by atoms with Crippen LogP contribution in [0.5, 0.6) is 0 Å². The lowest BCUT2D eigenvalue weighted by Crippen LogP contribution is -2.32. The molecule has 26 heavy (non-hydrogen) atoms. The van der Waals surface area contributed by atoms with Crippen molar-refractivity contribution in [1.29, 1.82) is 0 Å². The SMILES string of the molecule is Cl.NC(=O)NCc1ccc(C(=O)N2C[C@@H](N)[C@H](c3ccccc3)C2)cc1. The molecule has 2 aromatic rings. The van der Waals surface area contributed by atoms with Gasteiger partial charge < -0.3 is 21.7 Å². The zero-order chi connectivity index (χ0) is 17.8.